The maximum absolute atomic E-state index is 12.6. The lowest BCUT2D eigenvalue weighted by molar-refractivity contribution is -0.117. The molecular formula is C22H21F2N3O3. The number of halogens is 2. The monoisotopic (exact) mass is 413 g/mol. The number of benzene rings is 2. The minimum atomic E-state index is -2.95. The van der Waals surface area contributed by atoms with Crippen molar-refractivity contribution >= 4 is 12.0 Å². The summed E-state index contributed by atoms with van der Waals surface area (Å²) < 4.78 is 36.6. The summed E-state index contributed by atoms with van der Waals surface area (Å²) in [5.41, 5.74) is 1.18. The first-order chi connectivity index (χ1) is 14.5. The second kappa shape index (κ2) is 9.69. The molecule has 156 valence electrons. The summed E-state index contributed by atoms with van der Waals surface area (Å²) in [6.45, 7) is -2.95. The zero-order valence-electron chi connectivity index (χ0n) is 16.5. The molecule has 0 spiro atoms. The molecule has 8 heteroatoms. The topological polar surface area (TPSA) is 65.4 Å². The Morgan fingerprint density at radius 2 is 1.90 bits per heavy atom. The SMILES string of the molecule is COc1ccc(C(NC(=O)/C=C/c2ccccc2OC(F)F)c2nccn2C)cc1. The number of aromatic nitrogens is 2. The number of carbonyl (C=O) groups is 1. The fourth-order valence-electron chi connectivity index (χ4n) is 2.93. The molecule has 1 N–H and O–H groups in total. The molecular weight excluding hydrogens is 392 g/mol. The van der Waals surface area contributed by atoms with E-state index in [4.69, 9.17) is 4.74 Å². The highest BCUT2D eigenvalue weighted by atomic mass is 19.3. The van der Waals surface area contributed by atoms with Crippen molar-refractivity contribution in [3.05, 3.63) is 84.0 Å². The summed E-state index contributed by atoms with van der Waals surface area (Å²) in [5, 5.41) is 2.91. The van der Waals surface area contributed by atoms with E-state index >= 15 is 0 Å². The number of hydrogen-bond acceptors (Lipinski definition) is 4. The van der Waals surface area contributed by atoms with Crippen LogP contribution in [-0.2, 0) is 11.8 Å². The Morgan fingerprint density at radius 3 is 2.53 bits per heavy atom. The largest absolute Gasteiger partial charge is 0.497 e. The van der Waals surface area contributed by atoms with E-state index in [-0.39, 0.29) is 5.75 Å². The van der Waals surface area contributed by atoms with Crippen molar-refractivity contribution in [2.45, 2.75) is 12.7 Å². The van der Waals surface area contributed by atoms with Crippen molar-refractivity contribution in [2.75, 3.05) is 7.11 Å². The van der Waals surface area contributed by atoms with Gasteiger partial charge < -0.3 is 19.4 Å². The van der Waals surface area contributed by atoms with Crippen LogP contribution in [0.3, 0.4) is 0 Å². The van der Waals surface area contributed by atoms with Crippen molar-refractivity contribution in [1.29, 1.82) is 0 Å². The molecule has 30 heavy (non-hydrogen) atoms. The molecule has 0 saturated carbocycles. The van der Waals surface area contributed by atoms with Gasteiger partial charge in [0.15, 0.2) is 0 Å². The molecule has 2 aromatic carbocycles. The second-order valence-corrected chi connectivity index (χ2v) is 6.36. The van der Waals surface area contributed by atoms with Crippen molar-refractivity contribution in [2.24, 2.45) is 7.05 Å². The van der Waals surface area contributed by atoms with Gasteiger partial charge >= 0.3 is 6.61 Å². The molecule has 0 radical (unpaired) electrons. The quantitative estimate of drug-likeness (QED) is 0.568. The van der Waals surface area contributed by atoms with Gasteiger partial charge in [-0.3, -0.25) is 4.79 Å². The number of rotatable bonds is 8. The highest BCUT2D eigenvalue weighted by molar-refractivity contribution is 5.92. The average Bonchev–Trinajstić information content (AvgIpc) is 3.16. The highest BCUT2D eigenvalue weighted by Crippen LogP contribution is 2.24. The first kappa shape index (κ1) is 21.0. The second-order valence-electron chi connectivity index (χ2n) is 6.36. The Morgan fingerprint density at radius 1 is 1.17 bits per heavy atom. The standard InChI is InChI=1S/C22H21F2N3O3/c1-27-14-13-25-21(27)20(16-7-10-17(29-2)11-8-16)26-19(28)12-9-15-5-3-4-6-18(15)30-22(23)24/h3-14,20,22H,1-2H3,(H,26,28)/b12-9+. The number of carbonyl (C=O) groups excluding carboxylic acids is 1. The first-order valence-electron chi connectivity index (χ1n) is 9.11. The molecule has 0 aliphatic heterocycles. The number of alkyl halides is 2. The molecule has 1 atom stereocenters. The van der Waals surface area contributed by atoms with Crippen LogP contribution in [0.15, 0.2) is 67.0 Å². The van der Waals surface area contributed by atoms with Crippen LogP contribution < -0.4 is 14.8 Å². The Kier molecular flexibility index (Phi) is 6.79. The fourth-order valence-corrected chi connectivity index (χ4v) is 2.93. The summed E-state index contributed by atoms with van der Waals surface area (Å²) in [4.78, 5) is 17.0. The number of ether oxygens (including phenoxy) is 2. The molecule has 1 unspecified atom stereocenters. The fraction of sp³-hybridized carbons (Fsp3) is 0.182. The molecule has 6 nitrogen and oxygen atoms in total. The number of nitrogens with one attached hydrogen (secondary N) is 1. The number of methoxy groups -OCH3 is 1. The van der Waals surface area contributed by atoms with Crippen LogP contribution >= 0.6 is 0 Å². The number of para-hydroxylation sites is 1. The van der Waals surface area contributed by atoms with E-state index in [1.807, 2.05) is 23.7 Å². The Balaban J connectivity index is 1.82. The van der Waals surface area contributed by atoms with Gasteiger partial charge in [0.05, 0.1) is 7.11 Å². The number of imidazole rings is 1. The third-order valence-electron chi connectivity index (χ3n) is 4.40. The molecule has 0 aliphatic rings. The third-order valence-corrected chi connectivity index (χ3v) is 4.40. The van der Waals surface area contributed by atoms with Crippen LogP contribution in [0.1, 0.15) is 23.0 Å². The number of nitrogens with zero attached hydrogens (tertiary/aromatic N) is 2. The predicted molar refractivity (Wildman–Crippen MR) is 108 cm³/mol. The van der Waals surface area contributed by atoms with Gasteiger partial charge in [0.25, 0.3) is 0 Å². The maximum Gasteiger partial charge on any atom is 0.387 e. The van der Waals surface area contributed by atoms with Crippen molar-refractivity contribution in [1.82, 2.24) is 14.9 Å². The lowest BCUT2D eigenvalue weighted by atomic mass is 10.1. The van der Waals surface area contributed by atoms with E-state index in [0.717, 1.165) is 5.56 Å². The number of aryl methyl sites for hydroxylation is 1. The van der Waals surface area contributed by atoms with Gasteiger partial charge in [0.2, 0.25) is 5.91 Å². The zero-order valence-corrected chi connectivity index (χ0v) is 16.5. The van der Waals surface area contributed by atoms with Gasteiger partial charge in [0.1, 0.15) is 23.4 Å². The van der Waals surface area contributed by atoms with Gasteiger partial charge in [-0.15, -0.1) is 0 Å². The van der Waals surface area contributed by atoms with E-state index in [0.29, 0.717) is 17.1 Å². The minimum Gasteiger partial charge on any atom is -0.497 e. The Bertz CT molecular complexity index is 1020. The van der Waals surface area contributed by atoms with Gasteiger partial charge in [-0.05, 0) is 29.8 Å². The van der Waals surface area contributed by atoms with Crippen molar-refractivity contribution < 1.29 is 23.0 Å². The molecule has 1 amide bonds. The van der Waals surface area contributed by atoms with E-state index in [1.54, 1.807) is 49.8 Å². The Labute approximate surface area is 172 Å². The van der Waals surface area contributed by atoms with E-state index < -0.39 is 18.6 Å². The van der Waals surface area contributed by atoms with E-state index in [1.165, 1.54) is 18.2 Å². The molecule has 1 aromatic heterocycles. The smallest absolute Gasteiger partial charge is 0.387 e. The number of amides is 1. The van der Waals surface area contributed by atoms with E-state index in [9.17, 15) is 13.6 Å². The highest BCUT2D eigenvalue weighted by Gasteiger charge is 2.20. The summed E-state index contributed by atoms with van der Waals surface area (Å²) >= 11 is 0. The van der Waals surface area contributed by atoms with Gasteiger partial charge in [-0.1, -0.05) is 30.3 Å². The predicted octanol–water partition coefficient (Wildman–Crippen LogP) is 3.95. The van der Waals surface area contributed by atoms with Crippen molar-refractivity contribution in [3.8, 4) is 11.5 Å². The van der Waals surface area contributed by atoms with Crippen LogP contribution in [0.25, 0.3) is 6.08 Å². The van der Waals surface area contributed by atoms with Gasteiger partial charge in [0, 0.05) is 31.1 Å². The van der Waals surface area contributed by atoms with Crippen molar-refractivity contribution in [3.63, 3.8) is 0 Å². The molecule has 3 aromatic rings. The first-order valence-corrected chi connectivity index (χ1v) is 9.11. The summed E-state index contributed by atoms with van der Waals surface area (Å²) in [6.07, 6.45) is 6.13. The van der Waals surface area contributed by atoms with Crippen LogP contribution in [0, 0.1) is 0 Å². The maximum atomic E-state index is 12.6. The molecule has 0 fully saturated rings. The lowest BCUT2D eigenvalue weighted by Crippen LogP contribution is -2.29. The normalized spacial score (nSPS) is 12.2. The molecule has 0 saturated heterocycles. The van der Waals surface area contributed by atoms with Crippen LogP contribution in [0.5, 0.6) is 11.5 Å². The van der Waals surface area contributed by atoms with Crippen LogP contribution in [0.4, 0.5) is 8.78 Å². The minimum absolute atomic E-state index is 0.00708. The van der Waals surface area contributed by atoms with Gasteiger partial charge in [-0.2, -0.15) is 8.78 Å². The average molecular weight is 413 g/mol. The molecule has 1 heterocycles. The molecule has 3 rings (SSSR count). The molecule has 0 bridgehead atoms. The Hall–Kier alpha value is -3.68. The summed E-state index contributed by atoms with van der Waals surface area (Å²) in [6, 6.07) is 13.0. The number of hydrogen-bond donors (Lipinski definition) is 1. The van der Waals surface area contributed by atoms with Crippen LogP contribution in [-0.4, -0.2) is 29.2 Å². The summed E-state index contributed by atoms with van der Waals surface area (Å²) in [7, 11) is 3.41. The zero-order chi connectivity index (χ0) is 21.5. The van der Waals surface area contributed by atoms with Gasteiger partial charge in [-0.25, -0.2) is 4.98 Å². The lowest BCUT2D eigenvalue weighted by Gasteiger charge is -2.18. The summed E-state index contributed by atoms with van der Waals surface area (Å²) in [5.74, 6) is 0.917. The molecule has 0 aliphatic carbocycles. The van der Waals surface area contributed by atoms with E-state index in [2.05, 4.69) is 15.0 Å². The third kappa shape index (κ3) is 5.22. The van der Waals surface area contributed by atoms with Crippen LogP contribution in [0.2, 0.25) is 0 Å².